The molecule has 1 fully saturated rings. The summed E-state index contributed by atoms with van der Waals surface area (Å²) in [7, 11) is 0. The van der Waals surface area contributed by atoms with Crippen LogP contribution in [0.3, 0.4) is 0 Å². The van der Waals surface area contributed by atoms with Crippen LogP contribution in [0.2, 0.25) is 0 Å². The van der Waals surface area contributed by atoms with Gasteiger partial charge in [0.1, 0.15) is 0 Å². The first-order valence-electron chi connectivity index (χ1n) is 8.14. The third-order valence-corrected chi connectivity index (χ3v) is 1.61. The molecule has 1 N–H and O–H groups in total. The first kappa shape index (κ1) is 2.55. The molecule has 1 aliphatic heterocycles. The van der Waals surface area contributed by atoms with Gasteiger partial charge in [0.25, 0.3) is 0 Å². The Labute approximate surface area is 94.6 Å². The quantitative estimate of drug-likeness (QED) is 0.810. The molecule has 0 aliphatic carbocycles. The molecular weight excluding hydrogens is 216 g/mol. The Morgan fingerprint density at radius 2 is 2.75 bits per heavy atom. The molecule has 2 heterocycles. The van der Waals surface area contributed by atoms with Gasteiger partial charge >= 0.3 is 0 Å². The predicted octanol–water partition coefficient (Wildman–Crippen LogP) is 2.27. The summed E-state index contributed by atoms with van der Waals surface area (Å²) in [6.45, 7) is -2.90. The average Bonchev–Trinajstić information content (AvgIpc) is 2.47. The van der Waals surface area contributed by atoms with Crippen molar-refractivity contribution in [3.63, 3.8) is 0 Å². The minimum Gasteiger partial charge on any atom is -0.309 e. The number of rotatable bonds is 1. The van der Waals surface area contributed by atoms with E-state index in [1.807, 2.05) is 5.32 Å². The molecule has 1 aliphatic rings. The number of hydrogen-bond donors (Lipinski definition) is 1. The van der Waals surface area contributed by atoms with Crippen LogP contribution in [0.15, 0.2) is 22.7 Å². The third-order valence-electron chi connectivity index (χ3n) is 1.23. The minimum atomic E-state index is -3.10. The van der Waals surface area contributed by atoms with Gasteiger partial charge in [-0.2, -0.15) is 0 Å². The predicted molar refractivity (Wildman–Crippen MR) is 51.9 cm³/mol. The lowest BCUT2D eigenvalue weighted by molar-refractivity contribution is 0.627. The number of nitrogens with zero attached hydrogens (tertiary/aromatic N) is 1. The Kier molecular flexibility index (Phi) is 0.751. The fourth-order valence-corrected chi connectivity index (χ4v) is 0.918. The fourth-order valence-electron chi connectivity index (χ4n) is 0.731. The second kappa shape index (κ2) is 3.54. The SMILES string of the molecule is [2H]c1nc(C2([2H])NC([2H])([2H])C([2H])([2H])C2([2H])[2H])c([2H])c([2H])c1Br. The summed E-state index contributed by atoms with van der Waals surface area (Å²) in [5.41, 5.74) is -0.707. The van der Waals surface area contributed by atoms with Crippen molar-refractivity contribution in [1.29, 1.82) is 0 Å². The summed E-state index contributed by atoms with van der Waals surface area (Å²) in [5.74, 6) is 0. The summed E-state index contributed by atoms with van der Waals surface area (Å²) in [6, 6.07) is -3.95. The van der Waals surface area contributed by atoms with Gasteiger partial charge in [0, 0.05) is 24.9 Å². The van der Waals surface area contributed by atoms with Crippen molar-refractivity contribution in [2.24, 2.45) is 0 Å². The molecule has 0 saturated carbocycles. The van der Waals surface area contributed by atoms with Gasteiger partial charge in [-0.25, -0.2) is 0 Å². The van der Waals surface area contributed by atoms with Crippen molar-refractivity contribution in [2.75, 3.05) is 6.50 Å². The summed E-state index contributed by atoms with van der Waals surface area (Å²) in [6.07, 6.45) is -6.71. The molecule has 0 spiro atoms. The van der Waals surface area contributed by atoms with E-state index < -0.39 is 49.2 Å². The Hall–Kier alpha value is -0.410. The normalized spacial score (nSPS) is 53.8. The zero-order valence-electron chi connectivity index (χ0n) is 15.8. The highest BCUT2D eigenvalue weighted by molar-refractivity contribution is 9.10. The van der Waals surface area contributed by atoms with Gasteiger partial charge in [0.2, 0.25) is 0 Å². The molecule has 0 bridgehead atoms. The van der Waals surface area contributed by atoms with Gasteiger partial charge in [-0.05, 0) is 47.3 Å². The molecule has 1 aromatic rings. The van der Waals surface area contributed by atoms with Crippen molar-refractivity contribution in [1.82, 2.24) is 10.3 Å². The molecule has 1 aromatic heterocycles. The molecule has 0 amide bonds. The standard InChI is InChI=1S/C9H11BrN2/c10-7-3-4-9(12-6-7)8-2-1-5-11-8/h3-4,6,8,11H,1-2,5H2/i1D2,2D2,3D,4D,5D2,6D,8D. The van der Waals surface area contributed by atoms with Crippen LogP contribution < -0.4 is 5.32 Å². The van der Waals surface area contributed by atoms with E-state index >= 15 is 0 Å². The Morgan fingerprint density at radius 3 is 3.50 bits per heavy atom. The molecule has 2 nitrogen and oxygen atoms in total. The van der Waals surface area contributed by atoms with Crippen LogP contribution in [0.25, 0.3) is 0 Å². The molecule has 12 heavy (non-hydrogen) atoms. The molecule has 3 heteroatoms. The van der Waals surface area contributed by atoms with Crippen LogP contribution in [0.1, 0.15) is 38.2 Å². The van der Waals surface area contributed by atoms with Crippen LogP contribution in [0.5, 0.6) is 0 Å². The second-order valence-corrected chi connectivity index (χ2v) is 2.80. The topological polar surface area (TPSA) is 24.9 Å². The summed E-state index contributed by atoms with van der Waals surface area (Å²) >= 11 is 2.88. The van der Waals surface area contributed by atoms with Crippen molar-refractivity contribution >= 4 is 15.9 Å². The summed E-state index contributed by atoms with van der Waals surface area (Å²) < 4.78 is 77.5. The van der Waals surface area contributed by atoms with Gasteiger partial charge in [0.15, 0.2) is 0 Å². The molecular formula is C9H11BrN2. The van der Waals surface area contributed by atoms with E-state index in [1.54, 1.807) is 0 Å². The lowest BCUT2D eigenvalue weighted by Crippen LogP contribution is -2.13. The van der Waals surface area contributed by atoms with Gasteiger partial charge in [0.05, 0.1) is 11.2 Å². The zero-order chi connectivity index (χ0) is 17.3. The van der Waals surface area contributed by atoms with E-state index in [0.717, 1.165) is 0 Å². The maximum Gasteiger partial charge on any atom is 0.0852 e. The van der Waals surface area contributed by atoms with Crippen LogP contribution in [-0.4, -0.2) is 11.5 Å². The Balaban J connectivity index is 2.78. The Morgan fingerprint density at radius 1 is 1.83 bits per heavy atom. The number of nitrogens with one attached hydrogen (secondary N) is 1. The van der Waals surface area contributed by atoms with E-state index in [9.17, 15) is 0 Å². The maximum atomic E-state index is 8.21. The number of aromatic nitrogens is 1. The molecule has 0 aromatic carbocycles. The molecule has 64 valence electrons. The van der Waals surface area contributed by atoms with Crippen molar-refractivity contribution in [2.45, 2.75) is 18.8 Å². The van der Waals surface area contributed by atoms with Crippen molar-refractivity contribution < 1.29 is 13.7 Å². The summed E-state index contributed by atoms with van der Waals surface area (Å²) in [5, 5.41) is 1.90. The monoisotopic (exact) mass is 236 g/mol. The maximum absolute atomic E-state index is 8.21. The lowest BCUT2D eigenvalue weighted by Gasteiger charge is -2.08. The van der Waals surface area contributed by atoms with Gasteiger partial charge in [-0.3, -0.25) is 4.98 Å². The highest BCUT2D eigenvalue weighted by Crippen LogP contribution is 2.21. The largest absolute Gasteiger partial charge is 0.309 e. The van der Waals surface area contributed by atoms with Crippen molar-refractivity contribution in [3.05, 3.63) is 28.4 Å². The third kappa shape index (κ3) is 1.67. The smallest absolute Gasteiger partial charge is 0.0852 e. The zero-order valence-corrected chi connectivity index (χ0v) is 7.41. The van der Waals surface area contributed by atoms with E-state index in [0.29, 0.717) is 0 Å². The van der Waals surface area contributed by atoms with Gasteiger partial charge in [-0.1, -0.05) is 0 Å². The summed E-state index contributed by atoms with van der Waals surface area (Å²) in [4.78, 5) is 3.60. The molecule has 0 radical (unpaired) electrons. The number of pyridine rings is 1. The van der Waals surface area contributed by atoms with Crippen LogP contribution in [0.4, 0.5) is 0 Å². The Bertz CT molecular complexity index is 648. The number of hydrogen-bond acceptors (Lipinski definition) is 2. The van der Waals surface area contributed by atoms with E-state index in [2.05, 4.69) is 20.9 Å². The van der Waals surface area contributed by atoms with E-state index in [1.165, 1.54) is 0 Å². The second-order valence-electron chi connectivity index (χ2n) is 2.01. The van der Waals surface area contributed by atoms with E-state index in [4.69, 9.17) is 13.7 Å². The average molecular weight is 237 g/mol. The highest BCUT2D eigenvalue weighted by Gasteiger charge is 2.16. The molecule has 1 atom stereocenters. The van der Waals surface area contributed by atoms with Gasteiger partial charge in [-0.15, -0.1) is 0 Å². The molecule has 2 rings (SSSR count). The molecule has 1 unspecified atom stereocenters. The number of halogens is 1. The van der Waals surface area contributed by atoms with Gasteiger partial charge < -0.3 is 5.32 Å². The van der Waals surface area contributed by atoms with Crippen molar-refractivity contribution in [3.8, 4) is 0 Å². The van der Waals surface area contributed by atoms with Crippen LogP contribution in [0, 0.1) is 0 Å². The first-order valence-corrected chi connectivity index (χ1v) is 3.93. The fraction of sp³-hybridized carbons (Fsp3) is 0.444. The highest BCUT2D eigenvalue weighted by atomic mass is 79.9. The van der Waals surface area contributed by atoms with Crippen LogP contribution >= 0.6 is 15.9 Å². The lowest BCUT2D eigenvalue weighted by atomic mass is 10.1. The minimum absolute atomic E-state index is 0.116. The molecule has 1 saturated heterocycles. The van der Waals surface area contributed by atoms with E-state index in [-0.39, 0.29) is 4.47 Å². The first-order chi connectivity index (χ1) is 9.71. The van der Waals surface area contributed by atoms with Crippen LogP contribution in [-0.2, 0) is 0 Å².